The van der Waals surface area contributed by atoms with Gasteiger partial charge in [-0.1, -0.05) is 17.7 Å². The Labute approximate surface area is 118 Å². The Kier molecular flexibility index (Phi) is 4.75. The highest BCUT2D eigenvalue weighted by Gasteiger charge is 2.13. The molecular formula is C15H18N4O. The minimum absolute atomic E-state index is 0.132. The quantitative estimate of drug-likeness (QED) is 0.640. The standard InChI is InChI=1S/C15H18N4O/c1-12-2-4-14(5-3-12)18-15(20)13(10-16)11-19-8-6-17-7-9-19/h2-5,11,17H,6-9H2,1H3,(H,18,20)/b13-11-. The van der Waals surface area contributed by atoms with Gasteiger partial charge < -0.3 is 15.5 Å². The lowest BCUT2D eigenvalue weighted by Crippen LogP contribution is -2.41. The van der Waals surface area contributed by atoms with Crippen LogP contribution in [0.3, 0.4) is 0 Å². The third-order valence-corrected chi connectivity index (χ3v) is 3.14. The van der Waals surface area contributed by atoms with E-state index in [2.05, 4.69) is 10.6 Å². The molecule has 2 rings (SSSR count). The van der Waals surface area contributed by atoms with Gasteiger partial charge >= 0.3 is 0 Å². The Morgan fingerprint density at radius 3 is 2.60 bits per heavy atom. The summed E-state index contributed by atoms with van der Waals surface area (Å²) in [4.78, 5) is 14.0. The Morgan fingerprint density at radius 2 is 2.00 bits per heavy atom. The highest BCUT2D eigenvalue weighted by atomic mass is 16.1. The molecule has 1 aliphatic rings. The van der Waals surface area contributed by atoms with Crippen LogP contribution in [0.2, 0.25) is 0 Å². The van der Waals surface area contributed by atoms with Gasteiger partial charge in [0.1, 0.15) is 11.6 Å². The van der Waals surface area contributed by atoms with E-state index >= 15 is 0 Å². The third kappa shape index (κ3) is 3.84. The lowest BCUT2D eigenvalue weighted by atomic mass is 10.2. The zero-order valence-corrected chi connectivity index (χ0v) is 11.5. The molecule has 0 aromatic heterocycles. The lowest BCUT2D eigenvalue weighted by Gasteiger charge is -2.26. The first kappa shape index (κ1) is 14.1. The predicted molar refractivity (Wildman–Crippen MR) is 77.9 cm³/mol. The average Bonchev–Trinajstić information content (AvgIpc) is 2.48. The molecule has 0 bridgehead atoms. The van der Waals surface area contributed by atoms with Gasteiger partial charge in [-0.05, 0) is 19.1 Å². The third-order valence-electron chi connectivity index (χ3n) is 3.14. The Bertz CT molecular complexity index is 536. The molecule has 104 valence electrons. The molecule has 20 heavy (non-hydrogen) atoms. The second kappa shape index (κ2) is 6.73. The number of anilines is 1. The van der Waals surface area contributed by atoms with Crippen molar-refractivity contribution in [2.24, 2.45) is 0 Å². The van der Waals surface area contributed by atoms with E-state index in [1.54, 1.807) is 6.20 Å². The summed E-state index contributed by atoms with van der Waals surface area (Å²) in [7, 11) is 0. The zero-order valence-electron chi connectivity index (χ0n) is 11.5. The molecule has 0 radical (unpaired) electrons. The number of carbonyl (C=O) groups excluding carboxylic acids is 1. The highest BCUT2D eigenvalue weighted by Crippen LogP contribution is 2.10. The molecule has 0 spiro atoms. The van der Waals surface area contributed by atoms with Crippen molar-refractivity contribution in [3.05, 3.63) is 41.6 Å². The largest absolute Gasteiger partial charge is 0.374 e. The van der Waals surface area contributed by atoms with Crippen molar-refractivity contribution in [3.63, 3.8) is 0 Å². The fraction of sp³-hybridized carbons (Fsp3) is 0.333. The van der Waals surface area contributed by atoms with Crippen molar-refractivity contribution in [1.29, 1.82) is 5.26 Å². The Morgan fingerprint density at radius 1 is 1.35 bits per heavy atom. The predicted octanol–water partition coefficient (Wildman–Crippen LogP) is 1.25. The van der Waals surface area contributed by atoms with Crippen LogP contribution in [-0.4, -0.2) is 37.0 Å². The number of hydrogen-bond donors (Lipinski definition) is 2. The van der Waals surface area contributed by atoms with Crippen molar-refractivity contribution >= 4 is 11.6 Å². The monoisotopic (exact) mass is 270 g/mol. The molecule has 2 N–H and O–H groups in total. The van der Waals surface area contributed by atoms with Gasteiger partial charge in [0.2, 0.25) is 0 Å². The number of nitriles is 1. The first-order valence-corrected chi connectivity index (χ1v) is 6.64. The highest BCUT2D eigenvalue weighted by molar-refractivity contribution is 6.06. The van der Waals surface area contributed by atoms with Crippen LogP contribution >= 0.6 is 0 Å². The fourth-order valence-electron chi connectivity index (χ4n) is 1.97. The van der Waals surface area contributed by atoms with Crippen molar-refractivity contribution in [2.45, 2.75) is 6.92 Å². The molecule has 5 heteroatoms. The summed E-state index contributed by atoms with van der Waals surface area (Å²) in [5.74, 6) is -0.366. The molecule has 1 heterocycles. The molecule has 1 aliphatic heterocycles. The maximum absolute atomic E-state index is 12.1. The number of rotatable bonds is 3. The van der Waals surface area contributed by atoms with Crippen molar-refractivity contribution in [3.8, 4) is 6.07 Å². The van der Waals surface area contributed by atoms with E-state index in [4.69, 9.17) is 5.26 Å². The second-order valence-electron chi connectivity index (χ2n) is 4.76. The summed E-state index contributed by atoms with van der Waals surface area (Å²) in [5.41, 5.74) is 1.95. The molecule has 0 unspecified atom stereocenters. The van der Waals surface area contributed by atoms with Crippen LogP contribution in [0.4, 0.5) is 5.69 Å². The topological polar surface area (TPSA) is 68.2 Å². The maximum atomic E-state index is 12.1. The summed E-state index contributed by atoms with van der Waals surface area (Å²) in [5, 5.41) is 15.1. The smallest absolute Gasteiger partial charge is 0.267 e. The normalized spacial score (nSPS) is 15.6. The number of nitrogens with one attached hydrogen (secondary N) is 2. The molecule has 0 aliphatic carbocycles. The molecule has 5 nitrogen and oxygen atoms in total. The summed E-state index contributed by atoms with van der Waals surface area (Å²) in [6, 6.07) is 9.46. The first-order valence-electron chi connectivity index (χ1n) is 6.64. The SMILES string of the molecule is Cc1ccc(NC(=O)/C(C#N)=C\N2CCNCC2)cc1. The zero-order chi connectivity index (χ0) is 14.4. The number of aryl methyl sites for hydroxylation is 1. The number of amides is 1. The van der Waals surface area contributed by atoms with E-state index in [0.29, 0.717) is 5.69 Å². The Balaban J connectivity index is 2.03. The van der Waals surface area contributed by atoms with Crippen LogP contribution in [0.15, 0.2) is 36.0 Å². The van der Waals surface area contributed by atoms with Gasteiger partial charge in [-0.3, -0.25) is 4.79 Å². The van der Waals surface area contributed by atoms with Crippen molar-refractivity contribution in [2.75, 3.05) is 31.5 Å². The molecule has 0 saturated carbocycles. The van der Waals surface area contributed by atoms with Gasteiger partial charge in [-0.2, -0.15) is 5.26 Å². The average molecular weight is 270 g/mol. The van der Waals surface area contributed by atoms with Crippen LogP contribution in [-0.2, 0) is 4.79 Å². The number of benzene rings is 1. The van der Waals surface area contributed by atoms with Crippen LogP contribution in [0, 0.1) is 18.3 Å². The second-order valence-corrected chi connectivity index (χ2v) is 4.76. The van der Waals surface area contributed by atoms with E-state index < -0.39 is 0 Å². The molecule has 1 fully saturated rings. The van der Waals surface area contributed by atoms with E-state index in [0.717, 1.165) is 31.7 Å². The molecule has 1 aromatic rings. The number of nitrogens with zero attached hydrogens (tertiary/aromatic N) is 2. The van der Waals surface area contributed by atoms with Crippen LogP contribution in [0.25, 0.3) is 0 Å². The summed E-state index contributed by atoms with van der Waals surface area (Å²) >= 11 is 0. The summed E-state index contributed by atoms with van der Waals surface area (Å²) in [6.07, 6.45) is 1.64. The molecular weight excluding hydrogens is 252 g/mol. The van der Waals surface area contributed by atoms with Gasteiger partial charge in [0.15, 0.2) is 0 Å². The molecule has 1 aromatic carbocycles. The van der Waals surface area contributed by atoms with Gasteiger partial charge in [0.05, 0.1) is 0 Å². The van der Waals surface area contributed by atoms with E-state index in [9.17, 15) is 4.79 Å². The van der Waals surface area contributed by atoms with E-state index in [1.165, 1.54) is 0 Å². The lowest BCUT2D eigenvalue weighted by molar-refractivity contribution is -0.112. The minimum atomic E-state index is -0.366. The van der Waals surface area contributed by atoms with Gasteiger partial charge in [-0.25, -0.2) is 0 Å². The maximum Gasteiger partial charge on any atom is 0.267 e. The fourth-order valence-corrected chi connectivity index (χ4v) is 1.97. The molecule has 1 saturated heterocycles. The van der Waals surface area contributed by atoms with E-state index in [1.807, 2.05) is 42.2 Å². The van der Waals surface area contributed by atoms with Crippen LogP contribution in [0.5, 0.6) is 0 Å². The molecule has 0 atom stereocenters. The van der Waals surface area contributed by atoms with Gasteiger partial charge in [0.25, 0.3) is 5.91 Å². The number of carbonyl (C=O) groups is 1. The number of piperazine rings is 1. The number of hydrogen-bond acceptors (Lipinski definition) is 4. The van der Waals surface area contributed by atoms with Crippen LogP contribution in [0.1, 0.15) is 5.56 Å². The Hall–Kier alpha value is -2.32. The van der Waals surface area contributed by atoms with Crippen LogP contribution < -0.4 is 10.6 Å². The van der Waals surface area contributed by atoms with Crippen molar-refractivity contribution < 1.29 is 4.79 Å². The summed E-state index contributed by atoms with van der Waals surface area (Å²) in [6.45, 7) is 5.34. The van der Waals surface area contributed by atoms with Gasteiger partial charge in [-0.15, -0.1) is 0 Å². The van der Waals surface area contributed by atoms with Crippen molar-refractivity contribution in [1.82, 2.24) is 10.2 Å². The first-order chi connectivity index (χ1) is 9.69. The van der Waals surface area contributed by atoms with E-state index in [-0.39, 0.29) is 11.5 Å². The molecule has 1 amide bonds. The summed E-state index contributed by atoms with van der Waals surface area (Å²) < 4.78 is 0. The van der Waals surface area contributed by atoms with Gasteiger partial charge in [0, 0.05) is 38.1 Å². The minimum Gasteiger partial charge on any atom is -0.374 e.